The SMILES string of the molecule is FC(F)=CCCc1cccc(-c2ccc(OC(F)F)cc2)c1. The maximum Gasteiger partial charge on any atom is 0.387 e. The van der Waals surface area contributed by atoms with Crippen LogP contribution in [0.15, 0.2) is 60.7 Å². The van der Waals surface area contributed by atoms with Gasteiger partial charge < -0.3 is 4.74 Å². The number of alkyl halides is 2. The van der Waals surface area contributed by atoms with Crippen LogP contribution in [0.2, 0.25) is 0 Å². The molecule has 0 saturated heterocycles. The highest BCUT2D eigenvalue weighted by Gasteiger charge is 2.05. The molecule has 0 heterocycles. The number of allylic oxidation sites excluding steroid dienone is 1. The molecule has 0 bridgehead atoms. The summed E-state index contributed by atoms with van der Waals surface area (Å²) in [6, 6.07) is 13.8. The molecule has 2 aromatic carbocycles. The maximum atomic E-state index is 12.1. The van der Waals surface area contributed by atoms with E-state index >= 15 is 0 Å². The van der Waals surface area contributed by atoms with Gasteiger partial charge in [-0.1, -0.05) is 36.4 Å². The molecule has 22 heavy (non-hydrogen) atoms. The van der Waals surface area contributed by atoms with Gasteiger partial charge in [-0.05, 0) is 47.7 Å². The first-order valence-electron chi connectivity index (χ1n) is 6.70. The van der Waals surface area contributed by atoms with E-state index in [1.54, 1.807) is 12.1 Å². The fraction of sp³-hybridized carbons (Fsp3) is 0.176. The molecule has 0 spiro atoms. The van der Waals surface area contributed by atoms with Crippen molar-refractivity contribution in [2.45, 2.75) is 19.5 Å². The predicted octanol–water partition coefficient (Wildman–Crippen LogP) is 5.67. The first-order chi connectivity index (χ1) is 10.5. The number of ether oxygens (including phenoxy) is 1. The molecule has 0 atom stereocenters. The monoisotopic (exact) mass is 310 g/mol. The van der Waals surface area contributed by atoms with Gasteiger partial charge in [0.1, 0.15) is 5.75 Å². The number of halogens is 4. The number of hydrogen-bond acceptors (Lipinski definition) is 1. The molecule has 0 fully saturated rings. The summed E-state index contributed by atoms with van der Waals surface area (Å²) in [7, 11) is 0. The van der Waals surface area contributed by atoms with E-state index in [-0.39, 0.29) is 12.2 Å². The van der Waals surface area contributed by atoms with Crippen LogP contribution in [0.25, 0.3) is 11.1 Å². The van der Waals surface area contributed by atoms with Crippen molar-refractivity contribution < 1.29 is 22.3 Å². The normalized spacial score (nSPS) is 10.6. The van der Waals surface area contributed by atoms with Gasteiger partial charge in [0.15, 0.2) is 0 Å². The van der Waals surface area contributed by atoms with Crippen LogP contribution in [0.1, 0.15) is 12.0 Å². The van der Waals surface area contributed by atoms with Gasteiger partial charge in [-0.3, -0.25) is 0 Å². The number of benzene rings is 2. The predicted molar refractivity (Wildman–Crippen MR) is 77.1 cm³/mol. The Balaban J connectivity index is 2.10. The standard InChI is InChI=1S/C17H14F4O/c18-16(19)6-2-4-12-3-1-5-14(11-12)13-7-9-15(10-8-13)22-17(20)21/h1,3,5-11,17H,2,4H2. The fourth-order valence-electron chi connectivity index (χ4n) is 2.08. The first kappa shape index (κ1) is 16.1. The Labute approximate surface area is 125 Å². The van der Waals surface area contributed by atoms with Crippen LogP contribution in [0.4, 0.5) is 17.6 Å². The van der Waals surface area contributed by atoms with Gasteiger partial charge >= 0.3 is 6.61 Å². The largest absolute Gasteiger partial charge is 0.435 e. The van der Waals surface area contributed by atoms with Crippen molar-refractivity contribution in [2.24, 2.45) is 0 Å². The van der Waals surface area contributed by atoms with Crippen molar-refractivity contribution >= 4 is 0 Å². The molecule has 0 radical (unpaired) electrons. The molecular formula is C17H14F4O. The minimum atomic E-state index is -2.85. The van der Waals surface area contributed by atoms with E-state index in [1.165, 1.54) is 12.1 Å². The van der Waals surface area contributed by atoms with Crippen molar-refractivity contribution in [3.05, 3.63) is 66.3 Å². The van der Waals surface area contributed by atoms with Gasteiger partial charge in [0.2, 0.25) is 0 Å². The minimum absolute atomic E-state index is 0.0958. The highest BCUT2D eigenvalue weighted by atomic mass is 19.3. The van der Waals surface area contributed by atoms with E-state index in [1.807, 2.05) is 24.3 Å². The summed E-state index contributed by atoms with van der Waals surface area (Å²) in [5, 5.41) is 0. The molecule has 1 nitrogen and oxygen atoms in total. The molecule has 0 aliphatic carbocycles. The van der Waals surface area contributed by atoms with Crippen LogP contribution < -0.4 is 4.74 Å². The van der Waals surface area contributed by atoms with Crippen LogP contribution in [-0.4, -0.2) is 6.61 Å². The van der Waals surface area contributed by atoms with Crippen molar-refractivity contribution in [3.63, 3.8) is 0 Å². The molecule has 5 heteroatoms. The highest BCUT2D eigenvalue weighted by Crippen LogP contribution is 2.24. The average Bonchev–Trinajstić information content (AvgIpc) is 2.47. The lowest BCUT2D eigenvalue weighted by molar-refractivity contribution is -0.0498. The molecule has 0 amide bonds. The number of rotatable bonds is 6. The van der Waals surface area contributed by atoms with E-state index < -0.39 is 12.7 Å². The van der Waals surface area contributed by atoms with E-state index in [9.17, 15) is 17.6 Å². The van der Waals surface area contributed by atoms with Crippen LogP contribution in [0, 0.1) is 0 Å². The lowest BCUT2D eigenvalue weighted by atomic mass is 10.0. The summed E-state index contributed by atoms with van der Waals surface area (Å²) in [6.45, 7) is -2.85. The fourth-order valence-corrected chi connectivity index (χ4v) is 2.08. The number of aryl methyl sites for hydroxylation is 1. The van der Waals surface area contributed by atoms with Gasteiger partial charge in [0.25, 0.3) is 6.08 Å². The summed E-state index contributed by atoms with van der Waals surface area (Å²) in [5.41, 5.74) is 2.67. The summed E-state index contributed by atoms with van der Waals surface area (Å²) < 4.78 is 52.5. The summed E-state index contributed by atoms with van der Waals surface area (Å²) in [5.74, 6) is 0.0958. The van der Waals surface area contributed by atoms with Crippen molar-refractivity contribution in [3.8, 4) is 16.9 Å². The Kier molecular flexibility index (Phi) is 5.58. The Hall–Kier alpha value is -2.30. The maximum absolute atomic E-state index is 12.1. The van der Waals surface area contributed by atoms with E-state index in [0.29, 0.717) is 6.42 Å². The van der Waals surface area contributed by atoms with Crippen LogP contribution in [0.3, 0.4) is 0 Å². The molecule has 0 aromatic heterocycles. The third kappa shape index (κ3) is 4.91. The summed E-state index contributed by atoms with van der Waals surface area (Å²) in [6.07, 6.45) is -0.000748. The zero-order valence-electron chi connectivity index (χ0n) is 11.6. The summed E-state index contributed by atoms with van der Waals surface area (Å²) in [4.78, 5) is 0. The molecule has 0 aliphatic heterocycles. The van der Waals surface area contributed by atoms with E-state index in [0.717, 1.165) is 22.8 Å². The van der Waals surface area contributed by atoms with Gasteiger partial charge in [-0.2, -0.15) is 17.6 Å². The Morgan fingerprint density at radius 3 is 2.36 bits per heavy atom. The third-order valence-electron chi connectivity index (χ3n) is 3.07. The average molecular weight is 310 g/mol. The van der Waals surface area contributed by atoms with Gasteiger partial charge in [-0.15, -0.1) is 0 Å². The third-order valence-corrected chi connectivity index (χ3v) is 3.07. The second-order valence-electron chi connectivity index (χ2n) is 4.64. The molecular weight excluding hydrogens is 296 g/mol. The Bertz CT molecular complexity index is 631. The second-order valence-corrected chi connectivity index (χ2v) is 4.64. The molecule has 2 rings (SSSR count). The molecule has 0 aliphatic rings. The van der Waals surface area contributed by atoms with Crippen molar-refractivity contribution in [1.82, 2.24) is 0 Å². The highest BCUT2D eigenvalue weighted by molar-refractivity contribution is 5.64. The van der Waals surface area contributed by atoms with Crippen LogP contribution >= 0.6 is 0 Å². The zero-order chi connectivity index (χ0) is 15.9. The number of hydrogen-bond donors (Lipinski definition) is 0. The van der Waals surface area contributed by atoms with Gasteiger partial charge in [-0.25, -0.2) is 0 Å². The second kappa shape index (κ2) is 7.64. The first-order valence-corrected chi connectivity index (χ1v) is 6.70. The Morgan fingerprint density at radius 1 is 1.00 bits per heavy atom. The quantitative estimate of drug-likeness (QED) is 0.625. The van der Waals surface area contributed by atoms with Crippen LogP contribution in [0.5, 0.6) is 5.75 Å². The molecule has 0 N–H and O–H groups in total. The minimum Gasteiger partial charge on any atom is -0.435 e. The molecule has 2 aromatic rings. The Morgan fingerprint density at radius 2 is 1.73 bits per heavy atom. The van der Waals surface area contributed by atoms with Crippen LogP contribution in [-0.2, 0) is 6.42 Å². The topological polar surface area (TPSA) is 9.23 Å². The van der Waals surface area contributed by atoms with Crippen molar-refractivity contribution in [2.75, 3.05) is 0 Å². The van der Waals surface area contributed by atoms with E-state index in [2.05, 4.69) is 4.74 Å². The summed E-state index contributed by atoms with van der Waals surface area (Å²) >= 11 is 0. The lowest BCUT2D eigenvalue weighted by Gasteiger charge is -2.07. The molecule has 0 unspecified atom stereocenters. The van der Waals surface area contributed by atoms with Gasteiger partial charge in [0.05, 0.1) is 0 Å². The lowest BCUT2D eigenvalue weighted by Crippen LogP contribution is -2.01. The van der Waals surface area contributed by atoms with E-state index in [4.69, 9.17) is 0 Å². The molecule has 116 valence electrons. The van der Waals surface area contributed by atoms with Gasteiger partial charge in [0, 0.05) is 0 Å². The zero-order valence-corrected chi connectivity index (χ0v) is 11.6. The molecule has 0 saturated carbocycles. The van der Waals surface area contributed by atoms with Crippen molar-refractivity contribution in [1.29, 1.82) is 0 Å². The smallest absolute Gasteiger partial charge is 0.387 e.